The molecule has 146 valence electrons. The van der Waals surface area contributed by atoms with Crippen molar-refractivity contribution in [1.29, 1.82) is 0 Å². The average molecular weight is 392 g/mol. The molecule has 8 heteroatoms. The van der Waals surface area contributed by atoms with E-state index in [9.17, 15) is 9.59 Å². The van der Waals surface area contributed by atoms with Gasteiger partial charge in [-0.15, -0.1) is 0 Å². The first-order valence-electron chi connectivity index (χ1n) is 8.81. The molecule has 0 fully saturated rings. The molecule has 7 nitrogen and oxygen atoms in total. The van der Waals surface area contributed by atoms with Gasteiger partial charge in [-0.05, 0) is 52.1 Å². The smallest absolute Gasteiger partial charge is 0.248 e. The molecule has 2 atom stereocenters. The maximum Gasteiger partial charge on any atom is 0.248 e. The van der Waals surface area contributed by atoms with Crippen molar-refractivity contribution >= 4 is 34.8 Å². The molecule has 27 heavy (non-hydrogen) atoms. The van der Waals surface area contributed by atoms with Gasteiger partial charge in [-0.1, -0.05) is 18.5 Å². The number of benzene rings is 1. The predicted octanol–water partition coefficient (Wildman–Crippen LogP) is 3.15. The standard InChI is InChI=1S/C19H26ClN5O2/c1-11(10-21-5)18(26)22-15-6-7-17(16(20)9-15)23-19(27)14(4)25-13(3)8-12(2)24-25/h6-9,11,14,21H,10H2,1-5H3,(H,22,26)(H,23,27). The number of rotatable bonds is 7. The lowest BCUT2D eigenvalue weighted by Crippen LogP contribution is -2.28. The van der Waals surface area contributed by atoms with Crippen LogP contribution in [0.5, 0.6) is 0 Å². The van der Waals surface area contributed by atoms with Crippen molar-refractivity contribution < 1.29 is 9.59 Å². The molecule has 1 heterocycles. The average Bonchev–Trinajstić information content (AvgIpc) is 2.94. The number of anilines is 2. The van der Waals surface area contributed by atoms with E-state index in [1.165, 1.54) is 0 Å². The maximum absolute atomic E-state index is 12.5. The van der Waals surface area contributed by atoms with Crippen LogP contribution in [0.25, 0.3) is 0 Å². The van der Waals surface area contributed by atoms with E-state index in [2.05, 4.69) is 21.0 Å². The van der Waals surface area contributed by atoms with Gasteiger partial charge < -0.3 is 16.0 Å². The number of aryl methyl sites for hydroxylation is 2. The fraction of sp³-hybridized carbons (Fsp3) is 0.421. The maximum atomic E-state index is 12.5. The van der Waals surface area contributed by atoms with E-state index >= 15 is 0 Å². The summed E-state index contributed by atoms with van der Waals surface area (Å²) in [7, 11) is 1.80. The van der Waals surface area contributed by atoms with Crippen molar-refractivity contribution in [2.75, 3.05) is 24.2 Å². The number of hydrogen-bond donors (Lipinski definition) is 3. The summed E-state index contributed by atoms with van der Waals surface area (Å²) in [5.74, 6) is -0.493. The minimum Gasteiger partial charge on any atom is -0.326 e. The highest BCUT2D eigenvalue weighted by Gasteiger charge is 2.19. The Morgan fingerprint density at radius 3 is 2.41 bits per heavy atom. The Hall–Kier alpha value is -2.38. The van der Waals surface area contributed by atoms with Gasteiger partial charge in [-0.3, -0.25) is 14.3 Å². The molecule has 3 N–H and O–H groups in total. The highest BCUT2D eigenvalue weighted by Crippen LogP contribution is 2.27. The van der Waals surface area contributed by atoms with Crippen molar-refractivity contribution in [3.8, 4) is 0 Å². The van der Waals surface area contributed by atoms with Crippen LogP contribution in [-0.2, 0) is 9.59 Å². The van der Waals surface area contributed by atoms with Gasteiger partial charge in [0.15, 0.2) is 0 Å². The zero-order valence-electron chi connectivity index (χ0n) is 16.3. The molecule has 2 aromatic rings. The third-order valence-corrected chi connectivity index (χ3v) is 4.56. The molecule has 0 aliphatic carbocycles. The normalized spacial score (nSPS) is 13.1. The first kappa shape index (κ1) is 20.9. The number of amides is 2. The van der Waals surface area contributed by atoms with Crippen LogP contribution in [0.4, 0.5) is 11.4 Å². The van der Waals surface area contributed by atoms with Crippen molar-refractivity contribution in [3.63, 3.8) is 0 Å². The highest BCUT2D eigenvalue weighted by molar-refractivity contribution is 6.34. The summed E-state index contributed by atoms with van der Waals surface area (Å²) in [5, 5.41) is 13.3. The molecule has 0 saturated carbocycles. The van der Waals surface area contributed by atoms with Gasteiger partial charge >= 0.3 is 0 Å². The zero-order chi connectivity index (χ0) is 20.1. The topological polar surface area (TPSA) is 88.0 Å². The first-order valence-corrected chi connectivity index (χ1v) is 9.19. The Bertz CT molecular complexity index is 834. The van der Waals surface area contributed by atoms with Gasteiger partial charge in [0.2, 0.25) is 11.8 Å². The molecule has 0 bridgehead atoms. The second-order valence-corrected chi connectivity index (χ2v) is 7.09. The van der Waals surface area contributed by atoms with Crippen LogP contribution in [0.3, 0.4) is 0 Å². The summed E-state index contributed by atoms with van der Waals surface area (Å²) < 4.78 is 1.68. The van der Waals surface area contributed by atoms with Gasteiger partial charge in [0.25, 0.3) is 0 Å². The molecule has 2 unspecified atom stereocenters. The fourth-order valence-electron chi connectivity index (χ4n) is 2.74. The van der Waals surface area contributed by atoms with Crippen molar-refractivity contribution in [1.82, 2.24) is 15.1 Å². The summed E-state index contributed by atoms with van der Waals surface area (Å²) in [6, 6.07) is 6.45. The Labute approximate surface area is 164 Å². The predicted molar refractivity (Wildman–Crippen MR) is 108 cm³/mol. The van der Waals surface area contributed by atoms with Crippen LogP contribution < -0.4 is 16.0 Å². The van der Waals surface area contributed by atoms with E-state index in [0.717, 1.165) is 11.4 Å². The molecule has 2 rings (SSSR count). The quantitative estimate of drug-likeness (QED) is 0.676. The third kappa shape index (κ3) is 5.30. The Morgan fingerprint density at radius 1 is 1.15 bits per heavy atom. The third-order valence-electron chi connectivity index (χ3n) is 4.24. The van der Waals surface area contributed by atoms with E-state index in [-0.39, 0.29) is 17.7 Å². The van der Waals surface area contributed by atoms with Gasteiger partial charge in [0.1, 0.15) is 6.04 Å². The summed E-state index contributed by atoms with van der Waals surface area (Å²) in [5.41, 5.74) is 2.83. The van der Waals surface area contributed by atoms with E-state index in [0.29, 0.717) is 22.9 Å². The van der Waals surface area contributed by atoms with Crippen molar-refractivity contribution in [2.45, 2.75) is 33.7 Å². The molecule has 0 aliphatic rings. The molecule has 0 aliphatic heterocycles. The minimum absolute atomic E-state index is 0.102. The number of nitrogens with zero attached hydrogens (tertiary/aromatic N) is 2. The molecule has 0 radical (unpaired) electrons. The van der Waals surface area contributed by atoms with E-state index in [1.54, 1.807) is 36.9 Å². The Balaban J connectivity index is 2.06. The summed E-state index contributed by atoms with van der Waals surface area (Å²) in [6.45, 7) is 7.99. The lowest BCUT2D eigenvalue weighted by atomic mass is 10.1. The number of hydrogen-bond acceptors (Lipinski definition) is 4. The van der Waals surface area contributed by atoms with Gasteiger partial charge in [0.05, 0.1) is 16.4 Å². The van der Waals surface area contributed by atoms with Crippen LogP contribution in [0.2, 0.25) is 5.02 Å². The monoisotopic (exact) mass is 391 g/mol. The van der Waals surface area contributed by atoms with Gasteiger partial charge in [-0.25, -0.2) is 0 Å². The number of aromatic nitrogens is 2. The summed E-state index contributed by atoms with van der Waals surface area (Å²) in [4.78, 5) is 24.6. The van der Waals surface area contributed by atoms with E-state index < -0.39 is 6.04 Å². The Kier molecular flexibility index (Phi) is 6.98. The van der Waals surface area contributed by atoms with Crippen LogP contribution in [0, 0.1) is 19.8 Å². The van der Waals surface area contributed by atoms with Crippen molar-refractivity contribution in [3.05, 3.63) is 40.7 Å². The molecule has 1 aromatic carbocycles. The van der Waals surface area contributed by atoms with Crippen LogP contribution in [0.1, 0.15) is 31.3 Å². The van der Waals surface area contributed by atoms with E-state index in [4.69, 9.17) is 11.6 Å². The molecular formula is C19H26ClN5O2. The van der Waals surface area contributed by atoms with Crippen LogP contribution in [-0.4, -0.2) is 35.2 Å². The number of carbonyl (C=O) groups excluding carboxylic acids is 2. The van der Waals surface area contributed by atoms with Crippen LogP contribution in [0.15, 0.2) is 24.3 Å². The molecule has 0 saturated heterocycles. The Morgan fingerprint density at radius 2 is 1.85 bits per heavy atom. The lowest BCUT2D eigenvalue weighted by Gasteiger charge is -2.16. The number of carbonyl (C=O) groups is 2. The number of halogens is 1. The summed E-state index contributed by atoms with van der Waals surface area (Å²) in [6.07, 6.45) is 0. The largest absolute Gasteiger partial charge is 0.326 e. The fourth-order valence-corrected chi connectivity index (χ4v) is 2.97. The number of nitrogens with one attached hydrogen (secondary N) is 3. The first-order chi connectivity index (χ1) is 12.7. The molecular weight excluding hydrogens is 366 g/mol. The second kappa shape index (κ2) is 9.01. The van der Waals surface area contributed by atoms with Gasteiger partial charge in [0, 0.05) is 23.8 Å². The minimum atomic E-state index is -0.475. The summed E-state index contributed by atoms with van der Waals surface area (Å²) >= 11 is 6.28. The molecule has 0 spiro atoms. The second-order valence-electron chi connectivity index (χ2n) is 6.68. The molecule has 2 amide bonds. The zero-order valence-corrected chi connectivity index (χ0v) is 17.0. The van der Waals surface area contributed by atoms with Crippen molar-refractivity contribution in [2.24, 2.45) is 5.92 Å². The SMILES string of the molecule is CNCC(C)C(=O)Nc1ccc(NC(=O)C(C)n2nc(C)cc2C)c(Cl)c1. The molecule has 1 aromatic heterocycles. The van der Waals surface area contributed by atoms with E-state index in [1.807, 2.05) is 26.8 Å². The van der Waals surface area contributed by atoms with Gasteiger partial charge in [-0.2, -0.15) is 5.10 Å². The highest BCUT2D eigenvalue weighted by atomic mass is 35.5. The lowest BCUT2D eigenvalue weighted by molar-refractivity contribution is -0.120. The van der Waals surface area contributed by atoms with Crippen LogP contribution >= 0.6 is 11.6 Å².